The summed E-state index contributed by atoms with van der Waals surface area (Å²) in [5, 5.41) is 4.98. The molecule has 0 aliphatic heterocycles. The Morgan fingerprint density at radius 3 is 2.74 bits per heavy atom. The Hall–Kier alpha value is -0.410. The molecule has 2 rings (SSSR count). The summed E-state index contributed by atoms with van der Waals surface area (Å²) in [7, 11) is 0. The lowest BCUT2D eigenvalue weighted by atomic mass is 9.98. The maximum atomic E-state index is 4.56. The van der Waals surface area contributed by atoms with Crippen molar-refractivity contribution in [3.8, 4) is 0 Å². The van der Waals surface area contributed by atoms with E-state index in [0.717, 1.165) is 12.5 Å². The molecule has 1 aliphatic rings. The number of rotatable bonds is 3. The van der Waals surface area contributed by atoms with E-state index in [1.165, 1.54) is 42.0 Å². The second-order valence-corrected chi connectivity index (χ2v) is 8.19. The van der Waals surface area contributed by atoms with Crippen LogP contribution in [-0.4, -0.2) is 11.0 Å². The molecule has 0 spiro atoms. The van der Waals surface area contributed by atoms with Crippen LogP contribution in [0.25, 0.3) is 0 Å². The van der Waals surface area contributed by atoms with Crippen molar-refractivity contribution in [2.45, 2.75) is 77.8 Å². The maximum Gasteiger partial charge on any atom is 0.0981 e. The lowest BCUT2D eigenvalue weighted by Gasteiger charge is -2.16. The number of thiazole rings is 1. The molecular weight excluding hydrogens is 252 g/mol. The molecule has 19 heavy (non-hydrogen) atoms. The van der Waals surface area contributed by atoms with E-state index in [-0.39, 0.29) is 5.41 Å². The topological polar surface area (TPSA) is 24.9 Å². The van der Waals surface area contributed by atoms with Crippen LogP contribution in [0.4, 0.5) is 0 Å². The van der Waals surface area contributed by atoms with E-state index in [4.69, 9.17) is 0 Å². The van der Waals surface area contributed by atoms with Crippen molar-refractivity contribution in [3.05, 3.63) is 16.1 Å². The summed E-state index contributed by atoms with van der Waals surface area (Å²) in [5.74, 6) is 0.919. The van der Waals surface area contributed by atoms with E-state index in [1.54, 1.807) is 0 Å². The molecule has 0 bridgehead atoms. The first-order chi connectivity index (χ1) is 8.95. The minimum atomic E-state index is 0.181. The molecule has 1 aromatic rings. The van der Waals surface area contributed by atoms with Gasteiger partial charge in [-0.1, -0.05) is 40.5 Å². The third-order valence-corrected chi connectivity index (χ3v) is 5.44. The highest BCUT2D eigenvalue weighted by Crippen LogP contribution is 2.27. The van der Waals surface area contributed by atoms with Crippen molar-refractivity contribution in [2.75, 3.05) is 0 Å². The smallest absolute Gasteiger partial charge is 0.0981 e. The van der Waals surface area contributed by atoms with Gasteiger partial charge in [0, 0.05) is 29.1 Å². The van der Waals surface area contributed by atoms with Crippen molar-refractivity contribution in [1.29, 1.82) is 0 Å². The van der Waals surface area contributed by atoms with Crippen LogP contribution in [0.3, 0.4) is 0 Å². The van der Waals surface area contributed by atoms with Crippen LogP contribution >= 0.6 is 11.3 Å². The number of hydrogen-bond donors (Lipinski definition) is 1. The average molecular weight is 280 g/mol. The van der Waals surface area contributed by atoms with Gasteiger partial charge < -0.3 is 5.32 Å². The lowest BCUT2D eigenvalue weighted by molar-refractivity contribution is 0.448. The third kappa shape index (κ3) is 4.57. The highest BCUT2D eigenvalue weighted by atomic mass is 32.1. The summed E-state index contributed by atoms with van der Waals surface area (Å²) in [5.41, 5.74) is 0.181. The number of hydrogen-bond acceptors (Lipinski definition) is 3. The summed E-state index contributed by atoms with van der Waals surface area (Å²) in [6.07, 6.45) is 8.91. The molecule has 0 aromatic carbocycles. The zero-order chi connectivity index (χ0) is 13.9. The Balaban J connectivity index is 1.83. The molecule has 1 aromatic heterocycles. The summed E-state index contributed by atoms with van der Waals surface area (Å²) in [6.45, 7) is 10.1. The first-order valence-electron chi connectivity index (χ1n) is 7.63. The Morgan fingerprint density at radius 2 is 2.05 bits per heavy atom. The van der Waals surface area contributed by atoms with E-state index < -0.39 is 0 Å². The van der Waals surface area contributed by atoms with E-state index in [9.17, 15) is 0 Å². The van der Waals surface area contributed by atoms with Gasteiger partial charge in [-0.25, -0.2) is 4.98 Å². The molecule has 2 unspecified atom stereocenters. The summed E-state index contributed by atoms with van der Waals surface area (Å²) in [6, 6.07) is 0.713. The van der Waals surface area contributed by atoms with Gasteiger partial charge in [-0.15, -0.1) is 11.3 Å². The molecule has 3 heteroatoms. The van der Waals surface area contributed by atoms with Crippen molar-refractivity contribution in [2.24, 2.45) is 5.92 Å². The first kappa shape index (κ1) is 15.0. The zero-order valence-electron chi connectivity index (χ0n) is 12.8. The van der Waals surface area contributed by atoms with Crippen LogP contribution in [0, 0.1) is 5.92 Å². The number of nitrogens with zero attached hydrogens (tertiary/aromatic N) is 1. The second kappa shape index (κ2) is 6.36. The fourth-order valence-corrected chi connectivity index (χ4v) is 3.59. The number of aromatic nitrogens is 1. The molecule has 0 amide bonds. The van der Waals surface area contributed by atoms with Crippen molar-refractivity contribution >= 4 is 11.3 Å². The third-order valence-electron chi connectivity index (χ3n) is 4.02. The SMILES string of the molecule is CC1CCCC(NCc2cnc(C(C)(C)C)s2)CC1. The van der Waals surface area contributed by atoms with Crippen molar-refractivity contribution < 1.29 is 0 Å². The van der Waals surface area contributed by atoms with Crippen LogP contribution < -0.4 is 5.32 Å². The highest BCUT2D eigenvalue weighted by Gasteiger charge is 2.19. The Morgan fingerprint density at radius 1 is 1.26 bits per heavy atom. The Labute approximate surface area is 122 Å². The fraction of sp³-hybridized carbons (Fsp3) is 0.812. The minimum Gasteiger partial charge on any atom is -0.309 e. The summed E-state index contributed by atoms with van der Waals surface area (Å²) < 4.78 is 0. The molecule has 2 nitrogen and oxygen atoms in total. The molecule has 1 heterocycles. The van der Waals surface area contributed by atoms with Crippen LogP contribution in [-0.2, 0) is 12.0 Å². The van der Waals surface area contributed by atoms with Crippen molar-refractivity contribution in [1.82, 2.24) is 10.3 Å². The molecular formula is C16H28N2S. The van der Waals surface area contributed by atoms with Gasteiger partial charge in [0.15, 0.2) is 0 Å². The van der Waals surface area contributed by atoms with Crippen LogP contribution in [0.15, 0.2) is 6.20 Å². The van der Waals surface area contributed by atoms with Gasteiger partial charge >= 0.3 is 0 Å². The van der Waals surface area contributed by atoms with Gasteiger partial charge in [-0.3, -0.25) is 0 Å². The number of nitrogens with one attached hydrogen (secondary N) is 1. The van der Waals surface area contributed by atoms with Gasteiger partial charge in [0.25, 0.3) is 0 Å². The second-order valence-electron chi connectivity index (χ2n) is 7.07. The molecule has 108 valence electrons. The van der Waals surface area contributed by atoms with E-state index >= 15 is 0 Å². The monoisotopic (exact) mass is 280 g/mol. The van der Waals surface area contributed by atoms with Crippen LogP contribution in [0.2, 0.25) is 0 Å². The van der Waals surface area contributed by atoms with Gasteiger partial charge in [-0.2, -0.15) is 0 Å². The van der Waals surface area contributed by atoms with Crippen LogP contribution in [0.1, 0.15) is 69.7 Å². The van der Waals surface area contributed by atoms with Gasteiger partial charge in [-0.05, 0) is 25.2 Å². The maximum absolute atomic E-state index is 4.56. The standard InChI is InChI=1S/C16H28N2S/c1-12-6-5-7-13(9-8-12)17-10-14-11-18-15(19-14)16(2,3)4/h11-13,17H,5-10H2,1-4H3. The molecule has 2 atom stereocenters. The molecule has 1 aliphatic carbocycles. The van der Waals surface area contributed by atoms with Gasteiger partial charge in [0.1, 0.15) is 0 Å². The summed E-state index contributed by atoms with van der Waals surface area (Å²) >= 11 is 1.86. The fourth-order valence-electron chi connectivity index (χ4n) is 2.67. The van der Waals surface area contributed by atoms with E-state index in [1.807, 2.05) is 11.3 Å². The molecule has 0 radical (unpaired) electrons. The lowest BCUT2D eigenvalue weighted by Crippen LogP contribution is -2.27. The minimum absolute atomic E-state index is 0.181. The van der Waals surface area contributed by atoms with Gasteiger partial charge in [0.05, 0.1) is 5.01 Å². The average Bonchev–Trinajstić information content (AvgIpc) is 2.71. The Bertz CT molecular complexity index is 392. The molecule has 1 N–H and O–H groups in total. The highest BCUT2D eigenvalue weighted by molar-refractivity contribution is 7.11. The quantitative estimate of drug-likeness (QED) is 0.825. The summed E-state index contributed by atoms with van der Waals surface area (Å²) in [4.78, 5) is 5.94. The van der Waals surface area contributed by atoms with Gasteiger partial charge in [0.2, 0.25) is 0 Å². The first-order valence-corrected chi connectivity index (χ1v) is 8.45. The predicted molar refractivity (Wildman–Crippen MR) is 83.7 cm³/mol. The Kier molecular flexibility index (Phi) is 5.02. The largest absolute Gasteiger partial charge is 0.309 e. The predicted octanol–water partition coefficient (Wildman–Crippen LogP) is 4.50. The van der Waals surface area contributed by atoms with E-state index in [0.29, 0.717) is 6.04 Å². The zero-order valence-corrected chi connectivity index (χ0v) is 13.6. The van der Waals surface area contributed by atoms with Crippen LogP contribution in [0.5, 0.6) is 0 Å². The van der Waals surface area contributed by atoms with Crippen molar-refractivity contribution in [3.63, 3.8) is 0 Å². The molecule has 1 saturated carbocycles. The molecule has 0 saturated heterocycles. The normalized spacial score (nSPS) is 25.3. The molecule has 1 fully saturated rings. The van der Waals surface area contributed by atoms with E-state index in [2.05, 4.69) is 44.2 Å².